The SMILES string of the molecule is CC(=O)N1C(=O)C(N(C)C)c2c(I)cccc21. The molecule has 90 valence electrons. The van der Waals surface area contributed by atoms with Gasteiger partial charge in [-0.2, -0.15) is 0 Å². The summed E-state index contributed by atoms with van der Waals surface area (Å²) in [7, 11) is 3.69. The first-order valence-corrected chi connectivity index (χ1v) is 6.32. The smallest absolute Gasteiger partial charge is 0.255 e. The van der Waals surface area contributed by atoms with Crippen LogP contribution in [-0.2, 0) is 9.59 Å². The van der Waals surface area contributed by atoms with Crippen molar-refractivity contribution in [1.29, 1.82) is 0 Å². The van der Waals surface area contributed by atoms with E-state index < -0.39 is 0 Å². The van der Waals surface area contributed by atoms with Crippen LogP contribution in [0, 0.1) is 3.57 Å². The van der Waals surface area contributed by atoms with Crippen molar-refractivity contribution in [2.75, 3.05) is 19.0 Å². The third-order valence-electron chi connectivity index (χ3n) is 2.83. The van der Waals surface area contributed by atoms with Gasteiger partial charge in [0.1, 0.15) is 6.04 Å². The number of likely N-dealkylation sites (N-methyl/N-ethyl adjacent to an activating group) is 1. The summed E-state index contributed by atoms with van der Waals surface area (Å²) < 4.78 is 1.01. The van der Waals surface area contributed by atoms with Gasteiger partial charge in [0.15, 0.2) is 0 Å². The zero-order valence-electron chi connectivity index (χ0n) is 9.90. The van der Waals surface area contributed by atoms with Gasteiger partial charge in [0.05, 0.1) is 5.69 Å². The van der Waals surface area contributed by atoms with Crippen LogP contribution < -0.4 is 4.90 Å². The van der Waals surface area contributed by atoms with Gasteiger partial charge in [0.25, 0.3) is 5.91 Å². The standard InChI is InChI=1S/C12H13IN2O2/c1-7(16)15-9-6-4-5-8(13)10(9)11(12(15)17)14(2)3/h4-6,11H,1-3H3. The lowest BCUT2D eigenvalue weighted by atomic mass is 10.1. The second-order valence-electron chi connectivity index (χ2n) is 4.23. The molecule has 1 aliphatic heterocycles. The minimum Gasteiger partial charge on any atom is -0.294 e. The highest BCUT2D eigenvalue weighted by Crippen LogP contribution is 2.40. The van der Waals surface area contributed by atoms with Gasteiger partial charge in [-0.15, -0.1) is 0 Å². The lowest BCUT2D eigenvalue weighted by Gasteiger charge is -2.19. The first kappa shape index (κ1) is 12.5. The number of imide groups is 1. The van der Waals surface area contributed by atoms with Crippen molar-refractivity contribution < 1.29 is 9.59 Å². The molecule has 17 heavy (non-hydrogen) atoms. The molecular weight excluding hydrogens is 331 g/mol. The van der Waals surface area contributed by atoms with E-state index in [1.54, 1.807) is 0 Å². The Morgan fingerprint density at radius 3 is 2.59 bits per heavy atom. The van der Waals surface area contributed by atoms with Gasteiger partial charge in [-0.3, -0.25) is 14.5 Å². The molecule has 0 aromatic heterocycles. The number of anilines is 1. The summed E-state index contributed by atoms with van der Waals surface area (Å²) in [4.78, 5) is 26.9. The summed E-state index contributed by atoms with van der Waals surface area (Å²) >= 11 is 2.20. The molecule has 1 heterocycles. The number of amides is 2. The molecular formula is C12H13IN2O2. The molecule has 0 spiro atoms. The number of fused-ring (bicyclic) bond motifs is 1. The maximum atomic E-state index is 12.3. The predicted octanol–water partition coefficient (Wildman–Crippen LogP) is 1.79. The molecule has 0 bridgehead atoms. The third-order valence-corrected chi connectivity index (χ3v) is 3.77. The molecule has 4 nitrogen and oxygen atoms in total. The van der Waals surface area contributed by atoms with Gasteiger partial charge < -0.3 is 0 Å². The molecule has 1 aromatic carbocycles. The molecule has 1 unspecified atom stereocenters. The second kappa shape index (κ2) is 4.38. The molecule has 0 saturated carbocycles. The van der Waals surface area contributed by atoms with Crippen LogP contribution in [0.25, 0.3) is 0 Å². The number of carbonyl (C=O) groups is 2. The van der Waals surface area contributed by atoms with Crippen LogP contribution >= 0.6 is 22.6 Å². The van der Waals surface area contributed by atoms with E-state index in [4.69, 9.17) is 0 Å². The summed E-state index contributed by atoms with van der Waals surface area (Å²) in [5, 5.41) is 0. The maximum Gasteiger partial charge on any atom is 0.255 e. The summed E-state index contributed by atoms with van der Waals surface area (Å²) in [6.45, 7) is 1.42. The van der Waals surface area contributed by atoms with Crippen molar-refractivity contribution in [2.45, 2.75) is 13.0 Å². The lowest BCUT2D eigenvalue weighted by Crippen LogP contribution is -2.37. The van der Waals surface area contributed by atoms with Crippen molar-refractivity contribution in [3.63, 3.8) is 0 Å². The normalized spacial score (nSPS) is 18.8. The Labute approximate surface area is 114 Å². The molecule has 1 aromatic rings. The number of hydrogen-bond donors (Lipinski definition) is 0. The van der Waals surface area contributed by atoms with Gasteiger partial charge in [-0.1, -0.05) is 6.07 Å². The summed E-state index contributed by atoms with van der Waals surface area (Å²) in [6, 6.07) is 5.27. The highest BCUT2D eigenvalue weighted by Gasteiger charge is 2.41. The summed E-state index contributed by atoms with van der Waals surface area (Å²) in [5.41, 5.74) is 1.64. The van der Waals surface area contributed by atoms with Crippen LogP contribution in [-0.4, -0.2) is 30.8 Å². The molecule has 0 fully saturated rings. The fourth-order valence-corrected chi connectivity index (χ4v) is 2.94. The highest BCUT2D eigenvalue weighted by molar-refractivity contribution is 14.1. The number of nitrogens with zero attached hydrogens (tertiary/aromatic N) is 2. The van der Waals surface area contributed by atoms with Gasteiger partial charge in [-0.05, 0) is 48.8 Å². The number of hydrogen-bond acceptors (Lipinski definition) is 3. The number of carbonyl (C=O) groups excluding carboxylic acids is 2. The van der Waals surface area contributed by atoms with Gasteiger partial charge >= 0.3 is 0 Å². The molecule has 5 heteroatoms. The van der Waals surface area contributed by atoms with Crippen LogP contribution in [0.4, 0.5) is 5.69 Å². The van der Waals surface area contributed by atoms with E-state index in [0.717, 1.165) is 9.13 Å². The Bertz CT molecular complexity index is 499. The Kier molecular flexibility index (Phi) is 3.22. The molecule has 1 atom stereocenters. The van der Waals surface area contributed by atoms with Gasteiger partial charge in [0.2, 0.25) is 5.91 Å². The van der Waals surface area contributed by atoms with Crippen LogP contribution in [0.15, 0.2) is 18.2 Å². The van der Waals surface area contributed by atoms with Crippen LogP contribution in [0.3, 0.4) is 0 Å². The third kappa shape index (κ3) is 1.87. The van der Waals surface area contributed by atoms with Crippen LogP contribution in [0.2, 0.25) is 0 Å². The van der Waals surface area contributed by atoms with Gasteiger partial charge in [0, 0.05) is 16.1 Å². The van der Waals surface area contributed by atoms with E-state index in [0.29, 0.717) is 5.69 Å². The van der Waals surface area contributed by atoms with E-state index in [9.17, 15) is 9.59 Å². The van der Waals surface area contributed by atoms with Crippen molar-refractivity contribution in [1.82, 2.24) is 4.90 Å². The molecule has 0 aliphatic carbocycles. The van der Waals surface area contributed by atoms with E-state index in [1.807, 2.05) is 37.2 Å². The minimum absolute atomic E-state index is 0.165. The summed E-state index contributed by atoms with van der Waals surface area (Å²) in [6.07, 6.45) is 0. The highest BCUT2D eigenvalue weighted by atomic mass is 127. The largest absolute Gasteiger partial charge is 0.294 e. The summed E-state index contributed by atoms with van der Waals surface area (Å²) in [5.74, 6) is -0.399. The second-order valence-corrected chi connectivity index (χ2v) is 5.39. The van der Waals surface area contributed by atoms with Crippen LogP contribution in [0.1, 0.15) is 18.5 Å². The maximum absolute atomic E-state index is 12.3. The average Bonchev–Trinajstić information content (AvgIpc) is 2.51. The minimum atomic E-state index is -0.359. The average molecular weight is 344 g/mol. The van der Waals surface area contributed by atoms with Crippen LogP contribution in [0.5, 0.6) is 0 Å². The predicted molar refractivity (Wildman–Crippen MR) is 73.8 cm³/mol. The number of benzene rings is 1. The number of halogens is 1. The Morgan fingerprint density at radius 2 is 2.06 bits per heavy atom. The number of rotatable bonds is 1. The Hall–Kier alpha value is -0.950. The zero-order chi connectivity index (χ0) is 12.7. The zero-order valence-corrected chi connectivity index (χ0v) is 12.1. The van der Waals surface area contributed by atoms with E-state index in [2.05, 4.69) is 22.6 Å². The van der Waals surface area contributed by atoms with E-state index in [-0.39, 0.29) is 17.9 Å². The fraction of sp³-hybridized carbons (Fsp3) is 0.333. The lowest BCUT2D eigenvalue weighted by molar-refractivity contribution is -0.127. The molecule has 1 aliphatic rings. The first-order chi connectivity index (χ1) is 7.95. The van der Waals surface area contributed by atoms with Crippen molar-refractivity contribution >= 4 is 40.1 Å². The van der Waals surface area contributed by atoms with Crippen molar-refractivity contribution in [3.8, 4) is 0 Å². The Morgan fingerprint density at radius 1 is 1.41 bits per heavy atom. The quantitative estimate of drug-likeness (QED) is 0.730. The monoisotopic (exact) mass is 344 g/mol. The fourth-order valence-electron chi connectivity index (χ4n) is 2.16. The van der Waals surface area contributed by atoms with E-state index >= 15 is 0 Å². The van der Waals surface area contributed by atoms with E-state index in [1.165, 1.54) is 11.8 Å². The molecule has 2 rings (SSSR count). The molecule has 2 amide bonds. The first-order valence-electron chi connectivity index (χ1n) is 5.24. The van der Waals surface area contributed by atoms with Crippen molar-refractivity contribution in [2.24, 2.45) is 0 Å². The molecule has 0 N–H and O–H groups in total. The topological polar surface area (TPSA) is 40.6 Å². The molecule has 0 saturated heterocycles. The van der Waals surface area contributed by atoms with Gasteiger partial charge in [-0.25, -0.2) is 4.90 Å². The Balaban J connectivity index is 2.65. The molecule has 0 radical (unpaired) electrons. The van der Waals surface area contributed by atoms with Crippen molar-refractivity contribution in [3.05, 3.63) is 27.3 Å².